The highest BCUT2D eigenvalue weighted by Crippen LogP contribution is 2.44. The van der Waals surface area contributed by atoms with Gasteiger partial charge in [0.05, 0.1) is 12.5 Å². The van der Waals surface area contributed by atoms with Crippen LogP contribution in [0, 0.1) is 0 Å². The predicted molar refractivity (Wildman–Crippen MR) is 51.1 cm³/mol. The standard InChI is InChI=1S/C11H14O4/c1-11(2)4-6(12)5-3-7-10(14-7)8(13)9(5)15-11/h7-8,10,13H,3-4H2,1-2H3/t7-,8-,10-/m0/s1. The molecule has 1 saturated heterocycles. The summed E-state index contributed by atoms with van der Waals surface area (Å²) < 4.78 is 11.0. The van der Waals surface area contributed by atoms with Crippen LogP contribution in [-0.2, 0) is 14.3 Å². The summed E-state index contributed by atoms with van der Waals surface area (Å²) in [6.45, 7) is 3.72. The molecule has 0 radical (unpaired) electrons. The van der Waals surface area contributed by atoms with Crippen molar-refractivity contribution in [1.29, 1.82) is 0 Å². The minimum absolute atomic E-state index is 0.0347. The zero-order chi connectivity index (χ0) is 10.8. The molecule has 4 nitrogen and oxygen atoms in total. The van der Waals surface area contributed by atoms with Gasteiger partial charge in [-0.05, 0) is 13.8 Å². The molecule has 0 saturated carbocycles. The first kappa shape index (κ1) is 9.36. The van der Waals surface area contributed by atoms with Crippen LogP contribution in [0.25, 0.3) is 0 Å². The first-order valence-corrected chi connectivity index (χ1v) is 5.27. The second-order valence-electron chi connectivity index (χ2n) is 5.09. The number of aliphatic hydroxyl groups excluding tert-OH is 1. The van der Waals surface area contributed by atoms with E-state index in [1.165, 1.54) is 0 Å². The summed E-state index contributed by atoms with van der Waals surface area (Å²) >= 11 is 0. The molecule has 0 unspecified atom stereocenters. The SMILES string of the molecule is CC1(C)CC(=O)C2=C(O1)[C@H](O)[C@H]1O[C@H]1C2. The van der Waals surface area contributed by atoms with Crippen LogP contribution in [0.1, 0.15) is 26.7 Å². The average molecular weight is 210 g/mol. The van der Waals surface area contributed by atoms with Crippen LogP contribution in [0.4, 0.5) is 0 Å². The first-order chi connectivity index (χ1) is 6.98. The molecule has 0 bridgehead atoms. The number of hydrogen-bond acceptors (Lipinski definition) is 4. The highest BCUT2D eigenvalue weighted by atomic mass is 16.6. The quantitative estimate of drug-likeness (QED) is 0.593. The van der Waals surface area contributed by atoms with E-state index in [-0.39, 0.29) is 18.0 Å². The molecule has 82 valence electrons. The summed E-state index contributed by atoms with van der Waals surface area (Å²) in [4.78, 5) is 11.8. The summed E-state index contributed by atoms with van der Waals surface area (Å²) in [6, 6.07) is 0. The van der Waals surface area contributed by atoms with Gasteiger partial charge in [-0.2, -0.15) is 0 Å². The van der Waals surface area contributed by atoms with E-state index >= 15 is 0 Å². The van der Waals surface area contributed by atoms with Crippen LogP contribution in [0.5, 0.6) is 0 Å². The number of epoxide rings is 1. The van der Waals surface area contributed by atoms with Gasteiger partial charge in [-0.1, -0.05) is 0 Å². The third kappa shape index (κ3) is 1.32. The highest BCUT2D eigenvalue weighted by molar-refractivity contribution is 5.97. The second-order valence-corrected chi connectivity index (χ2v) is 5.09. The van der Waals surface area contributed by atoms with E-state index in [0.29, 0.717) is 24.2 Å². The molecule has 15 heavy (non-hydrogen) atoms. The fourth-order valence-electron chi connectivity index (χ4n) is 2.43. The van der Waals surface area contributed by atoms with Gasteiger partial charge in [-0.3, -0.25) is 4.79 Å². The van der Waals surface area contributed by atoms with Crippen molar-refractivity contribution in [3.8, 4) is 0 Å². The maximum Gasteiger partial charge on any atom is 0.166 e. The Balaban J connectivity index is 2.00. The maximum absolute atomic E-state index is 11.8. The van der Waals surface area contributed by atoms with Gasteiger partial charge >= 0.3 is 0 Å². The van der Waals surface area contributed by atoms with Gasteiger partial charge in [-0.15, -0.1) is 0 Å². The van der Waals surface area contributed by atoms with Crippen molar-refractivity contribution in [3.63, 3.8) is 0 Å². The smallest absolute Gasteiger partial charge is 0.166 e. The van der Waals surface area contributed by atoms with Gasteiger partial charge in [0.2, 0.25) is 0 Å². The average Bonchev–Trinajstić information content (AvgIpc) is 2.86. The lowest BCUT2D eigenvalue weighted by Crippen LogP contribution is -2.41. The largest absolute Gasteiger partial charge is 0.488 e. The third-order valence-electron chi connectivity index (χ3n) is 3.21. The van der Waals surface area contributed by atoms with Gasteiger partial charge < -0.3 is 14.6 Å². The summed E-state index contributed by atoms with van der Waals surface area (Å²) in [5, 5.41) is 9.90. The summed E-state index contributed by atoms with van der Waals surface area (Å²) in [6.07, 6.45) is 0.127. The Morgan fingerprint density at radius 2 is 2.20 bits per heavy atom. The number of hydrogen-bond donors (Lipinski definition) is 1. The van der Waals surface area contributed by atoms with Gasteiger partial charge in [0.15, 0.2) is 5.78 Å². The van der Waals surface area contributed by atoms with Gasteiger partial charge in [0, 0.05) is 12.0 Å². The van der Waals surface area contributed by atoms with Crippen LogP contribution in [0.15, 0.2) is 11.3 Å². The monoisotopic (exact) mass is 210 g/mol. The first-order valence-electron chi connectivity index (χ1n) is 5.27. The second kappa shape index (κ2) is 2.62. The van der Waals surface area contributed by atoms with Crippen molar-refractivity contribution < 1.29 is 19.4 Å². The van der Waals surface area contributed by atoms with Crippen LogP contribution < -0.4 is 0 Å². The molecule has 0 spiro atoms. The fraction of sp³-hybridized carbons (Fsp3) is 0.727. The lowest BCUT2D eigenvalue weighted by molar-refractivity contribution is -0.125. The van der Waals surface area contributed by atoms with Crippen LogP contribution >= 0.6 is 0 Å². The fourth-order valence-corrected chi connectivity index (χ4v) is 2.43. The third-order valence-corrected chi connectivity index (χ3v) is 3.21. The zero-order valence-electron chi connectivity index (χ0n) is 8.82. The normalized spacial score (nSPS) is 41.8. The zero-order valence-corrected chi connectivity index (χ0v) is 8.82. The van der Waals surface area contributed by atoms with E-state index in [1.54, 1.807) is 0 Å². The van der Waals surface area contributed by atoms with Crippen LogP contribution in [0.2, 0.25) is 0 Å². The summed E-state index contributed by atoms with van der Waals surface area (Å²) in [5.74, 6) is 0.546. The van der Waals surface area contributed by atoms with E-state index in [2.05, 4.69) is 0 Å². The molecule has 1 aliphatic carbocycles. The molecule has 0 aromatic carbocycles. The van der Waals surface area contributed by atoms with Crippen molar-refractivity contribution in [2.24, 2.45) is 0 Å². The Hall–Kier alpha value is -0.870. The van der Waals surface area contributed by atoms with Crippen molar-refractivity contribution in [1.82, 2.24) is 0 Å². The van der Waals surface area contributed by atoms with Crippen LogP contribution in [-0.4, -0.2) is 34.8 Å². The molecule has 3 atom stereocenters. The number of aliphatic hydroxyl groups is 1. The highest BCUT2D eigenvalue weighted by Gasteiger charge is 2.54. The number of ketones is 1. The van der Waals surface area contributed by atoms with Crippen molar-refractivity contribution in [2.45, 2.75) is 50.6 Å². The number of rotatable bonds is 0. The number of carbonyl (C=O) groups excluding carboxylic acids is 1. The van der Waals surface area contributed by atoms with Gasteiger partial charge in [-0.25, -0.2) is 0 Å². The molecule has 0 aromatic rings. The van der Waals surface area contributed by atoms with E-state index < -0.39 is 11.7 Å². The Morgan fingerprint density at radius 1 is 1.47 bits per heavy atom. The maximum atomic E-state index is 11.8. The van der Waals surface area contributed by atoms with Crippen molar-refractivity contribution in [2.75, 3.05) is 0 Å². The Morgan fingerprint density at radius 3 is 2.93 bits per heavy atom. The molecular weight excluding hydrogens is 196 g/mol. The van der Waals surface area contributed by atoms with E-state index in [9.17, 15) is 9.90 Å². The molecule has 3 rings (SSSR count). The topological polar surface area (TPSA) is 59.1 Å². The lowest BCUT2D eigenvalue weighted by atomic mass is 9.85. The lowest BCUT2D eigenvalue weighted by Gasteiger charge is -2.36. The molecule has 4 heteroatoms. The number of ether oxygens (including phenoxy) is 2. The minimum atomic E-state index is -0.748. The molecule has 2 aliphatic heterocycles. The minimum Gasteiger partial charge on any atom is -0.488 e. The Bertz CT molecular complexity index is 369. The number of carbonyl (C=O) groups is 1. The molecule has 0 amide bonds. The number of fused-ring (bicyclic) bond motifs is 1. The van der Waals surface area contributed by atoms with Gasteiger partial charge in [0.25, 0.3) is 0 Å². The van der Waals surface area contributed by atoms with Crippen LogP contribution in [0.3, 0.4) is 0 Å². The van der Waals surface area contributed by atoms with Crippen molar-refractivity contribution >= 4 is 5.78 Å². The Labute approximate surface area is 87.9 Å². The molecule has 1 N–H and O–H groups in total. The van der Waals surface area contributed by atoms with E-state index in [1.807, 2.05) is 13.8 Å². The van der Waals surface area contributed by atoms with Crippen molar-refractivity contribution in [3.05, 3.63) is 11.3 Å². The molecule has 0 aromatic heterocycles. The molecular formula is C11H14O4. The molecule has 2 heterocycles. The Kier molecular flexibility index (Phi) is 1.64. The van der Waals surface area contributed by atoms with Gasteiger partial charge in [0.1, 0.15) is 23.6 Å². The van der Waals surface area contributed by atoms with E-state index in [4.69, 9.17) is 9.47 Å². The van der Waals surface area contributed by atoms with E-state index in [0.717, 1.165) is 0 Å². The molecule has 3 aliphatic rings. The molecule has 1 fully saturated rings. The summed E-state index contributed by atoms with van der Waals surface area (Å²) in [7, 11) is 0. The summed E-state index contributed by atoms with van der Waals surface area (Å²) in [5.41, 5.74) is 0.138. The number of Topliss-reactive ketones (excluding diaryl/α,β-unsaturated/α-hetero) is 1. The predicted octanol–water partition coefficient (Wildman–Crippen LogP) is 0.540.